The third-order valence-corrected chi connectivity index (χ3v) is 5.08. The number of likely N-dealkylation sites (tertiary alicyclic amines) is 1. The topological polar surface area (TPSA) is 15.3 Å². The highest BCUT2D eigenvalue weighted by Crippen LogP contribution is 2.25. The maximum atomic E-state index is 3.82. The van der Waals surface area contributed by atoms with Crippen LogP contribution in [0, 0.1) is 11.8 Å². The van der Waals surface area contributed by atoms with Crippen LogP contribution < -0.4 is 5.32 Å². The van der Waals surface area contributed by atoms with Gasteiger partial charge in [0, 0.05) is 6.04 Å². The summed E-state index contributed by atoms with van der Waals surface area (Å²) in [6.45, 7) is 9.93. The van der Waals surface area contributed by atoms with Crippen LogP contribution in [0.25, 0.3) is 0 Å². The molecular weight excluding hydrogens is 220 g/mol. The van der Waals surface area contributed by atoms with Gasteiger partial charge < -0.3 is 10.2 Å². The van der Waals surface area contributed by atoms with E-state index < -0.39 is 0 Å². The molecule has 0 bridgehead atoms. The molecule has 1 aliphatic carbocycles. The van der Waals surface area contributed by atoms with Crippen molar-refractivity contribution in [2.75, 3.05) is 26.2 Å². The molecule has 0 radical (unpaired) electrons. The van der Waals surface area contributed by atoms with Crippen LogP contribution in [0.2, 0.25) is 0 Å². The fourth-order valence-corrected chi connectivity index (χ4v) is 3.73. The van der Waals surface area contributed by atoms with Gasteiger partial charge in [-0.05, 0) is 77.0 Å². The van der Waals surface area contributed by atoms with E-state index in [0.29, 0.717) is 0 Å². The van der Waals surface area contributed by atoms with E-state index in [2.05, 4.69) is 24.1 Å². The largest absolute Gasteiger partial charge is 0.314 e. The lowest BCUT2D eigenvalue weighted by Gasteiger charge is -2.35. The van der Waals surface area contributed by atoms with Crippen LogP contribution in [0.1, 0.15) is 58.8 Å². The Labute approximate surface area is 114 Å². The van der Waals surface area contributed by atoms with E-state index in [1.54, 1.807) is 0 Å². The summed E-state index contributed by atoms with van der Waals surface area (Å²) in [4.78, 5) is 2.64. The van der Waals surface area contributed by atoms with Crippen molar-refractivity contribution in [1.29, 1.82) is 0 Å². The third kappa shape index (κ3) is 4.24. The average Bonchev–Trinajstić information content (AvgIpc) is 2.90. The van der Waals surface area contributed by atoms with Crippen molar-refractivity contribution in [2.24, 2.45) is 11.8 Å². The molecule has 1 saturated heterocycles. The first kappa shape index (κ1) is 14.3. The number of nitrogens with one attached hydrogen (secondary N) is 1. The van der Waals surface area contributed by atoms with Crippen molar-refractivity contribution in [3.8, 4) is 0 Å². The summed E-state index contributed by atoms with van der Waals surface area (Å²) < 4.78 is 0. The maximum absolute atomic E-state index is 3.82. The zero-order chi connectivity index (χ0) is 12.8. The fourth-order valence-electron chi connectivity index (χ4n) is 3.73. The number of hydrogen-bond donors (Lipinski definition) is 1. The lowest BCUT2D eigenvalue weighted by atomic mass is 9.90. The lowest BCUT2D eigenvalue weighted by molar-refractivity contribution is 0.161. The van der Waals surface area contributed by atoms with Crippen LogP contribution in [0.3, 0.4) is 0 Å². The Morgan fingerprint density at radius 1 is 1.11 bits per heavy atom. The lowest BCUT2D eigenvalue weighted by Crippen LogP contribution is -2.43. The van der Waals surface area contributed by atoms with Gasteiger partial charge in [-0.25, -0.2) is 0 Å². The van der Waals surface area contributed by atoms with Crippen LogP contribution in [-0.2, 0) is 0 Å². The van der Waals surface area contributed by atoms with Crippen LogP contribution in [0.15, 0.2) is 0 Å². The molecular formula is C16H32N2. The van der Waals surface area contributed by atoms with E-state index in [1.165, 1.54) is 71.1 Å². The standard InChI is InChI=1S/C16H32N2/c1-3-10-18-11-8-16(9-12-18)14(2)17-13-15-6-4-5-7-15/h14-17H,3-13H2,1-2H3. The normalized spacial score (nSPS) is 25.7. The molecule has 2 aliphatic rings. The van der Waals surface area contributed by atoms with E-state index in [1.807, 2.05) is 0 Å². The summed E-state index contributed by atoms with van der Waals surface area (Å²) in [7, 11) is 0. The average molecular weight is 252 g/mol. The Hall–Kier alpha value is -0.0800. The van der Waals surface area contributed by atoms with Crippen LogP contribution >= 0.6 is 0 Å². The molecule has 2 heteroatoms. The molecule has 0 aromatic carbocycles. The van der Waals surface area contributed by atoms with Crippen LogP contribution in [0.5, 0.6) is 0 Å². The predicted octanol–water partition coefficient (Wildman–Crippen LogP) is 3.28. The van der Waals surface area contributed by atoms with Gasteiger partial charge in [0.1, 0.15) is 0 Å². The van der Waals surface area contributed by atoms with Crippen LogP contribution in [0.4, 0.5) is 0 Å². The van der Waals surface area contributed by atoms with Crippen molar-refractivity contribution >= 4 is 0 Å². The summed E-state index contributed by atoms with van der Waals surface area (Å²) in [6.07, 6.45) is 9.98. The molecule has 106 valence electrons. The molecule has 0 spiro atoms. The second-order valence-electron chi connectivity index (χ2n) is 6.53. The van der Waals surface area contributed by atoms with Crippen molar-refractivity contribution in [3.63, 3.8) is 0 Å². The minimum Gasteiger partial charge on any atom is -0.314 e. The Morgan fingerprint density at radius 2 is 1.78 bits per heavy atom. The summed E-state index contributed by atoms with van der Waals surface area (Å²) in [5.41, 5.74) is 0. The van der Waals surface area contributed by atoms with E-state index >= 15 is 0 Å². The second-order valence-corrected chi connectivity index (χ2v) is 6.53. The van der Waals surface area contributed by atoms with Crippen molar-refractivity contribution in [1.82, 2.24) is 10.2 Å². The molecule has 1 aliphatic heterocycles. The first-order chi connectivity index (χ1) is 8.79. The molecule has 0 aromatic rings. The highest BCUT2D eigenvalue weighted by atomic mass is 15.1. The predicted molar refractivity (Wildman–Crippen MR) is 78.9 cm³/mol. The van der Waals surface area contributed by atoms with Gasteiger partial charge >= 0.3 is 0 Å². The van der Waals surface area contributed by atoms with Gasteiger partial charge in [0.2, 0.25) is 0 Å². The Bertz CT molecular complexity index is 215. The maximum Gasteiger partial charge on any atom is 0.00680 e. The zero-order valence-electron chi connectivity index (χ0n) is 12.5. The summed E-state index contributed by atoms with van der Waals surface area (Å²) in [6, 6.07) is 0.731. The Morgan fingerprint density at radius 3 is 2.39 bits per heavy atom. The molecule has 18 heavy (non-hydrogen) atoms. The molecule has 1 atom stereocenters. The molecule has 2 fully saturated rings. The SMILES string of the molecule is CCCN1CCC(C(C)NCC2CCCC2)CC1. The van der Waals surface area contributed by atoms with Crippen molar-refractivity contribution < 1.29 is 0 Å². The van der Waals surface area contributed by atoms with Crippen molar-refractivity contribution in [2.45, 2.75) is 64.8 Å². The molecule has 1 N–H and O–H groups in total. The first-order valence-electron chi connectivity index (χ1n) is 8.25. The van der Waals surface area contributed by atoms with Gasteiger partial charge in [-0.3, -0.25) is 0 Å². The van der Waals surface area contributed by atoms with E-state index in [4.69, 9.17) is 0 Å². The zero-order valence-corrected chi connectivity index (χ0v) is 12.5. The quantitative estimate of drug-likeness (QED) is 0.780. The Kier molecular flexibility index (Phi) is 5.97. The van der Waals surface area contributed by atoms with E-state index in [-0.39, 0.29) is 0 Å². The highest BCUT2D eigenvalue weighted by molar-refractivity contribution is 4.80. The highest BCUT2D eigenvalue weighted by Gasteiger charge is 2.24. The molecule has 1 unspecified atom stereocenters. The molecule has 0 aromatic heterocycles. The summed E-state index contributed by atoms with van der Waals surface area (Å²) >= 11 is 0. The van der Waals surface area contributed by atoms with Crippen molar-refractivity contribution in [3.05, 3.63) is 0 Å². The third-order valence-electron chi connectivity index (χ3n) is 5.08. The second kappa shape index (κ2) is 7.49. The van der Waals surface area contributed by atoms with Crippen LogP contribution in [-0.4, -0.2) is 37.1 Å². The van der Waals surface area contributed by atoms with E-state index in [0.717, 1.165) is 17.9 Å². The van der Waals surface area contributed by atoms with E-state index in [9.17, 15) is 0 Å². The van der Waals surface area contributed by atoms with Gasteiger partial charge in [-0.1, -0.05) is 19.8 Å². The Balaban J connectivity index is 1.62. The molecule has 1 heterocycles. The number of nitrogens with zero attached hydrogens (tertiary/aromatic N) is 1. The van der Waals surface area contributed by atoms with Gasteiger partial charge in [0.15, 0.2) is 0 Å². The fraction of sp³-hybridized carbons (Fsp3) is 1.00. The molecule has 0 amide bonds. The summed E-state index contributed by atoms with van der Waals surface area (Å²) in [5, 5.41) is 3.82. The smallest absolute Gasteiger partial charge is 0.00680 e. The van der Waals surface area contributed by atoms with Gasteiger partial charge in [-0.2, -0.15) is 0 Å². The van der Waals surface area contributed by atoms with Gasteiger partial charge in [-0.15, -0.1) is 0 Å². The minimum absolute atomic E-state index is 0.731. The van der Waals surface area contributed by atoms with Gasteiger partial charge in [0.05, 0.1) is 0 Å². The summed E-state index contributed by atoms with van der Waals surface area (Å²) in [5.74, 6) is 1.90. The monoisotopic (exact) mass is 252 g/mol. The number of hydrogen-bond acceptors (Lipinski definition) is 2. The number of piperidine rings is 1. The minimum atomic E-state index is 0.731. The molecule has 2 rings (SSSR count). The molecule has 2 nitrogen and oxygen atoms in total. The first-order valence-corrected chi connectivity index (χ1v) is 8.25. The van der Waals surface area contributed by atoms with Gasteiger partial charge in [0.25, 0.3) is 0 Å². The number of rotatable bonds is 6. The molecule has 1 saturated carbocycles.